The van der Waals surface area contributed by atoms with E-state index in [1.807, 2.05) is 13.0 Å². The zero-order chi connectivity index (χ0) is 18.2. The summed E-state index contributed by atoms with van der Waals surface area (Å²) in [5.74, 6) is 1.03. The van der Waals surface area contributed by atoms with Gasteiger partial charge >= 0.3 is 0 Å². The molecule has 1 heterocycles. The lowest BCUT2D eigenvalue weighted by Gasteiger charge is -2.15. The second-order valence-corrected chi connectivity index (χ2v) is 6.72. The fourth-order valence-corrected chi connectivity index (χ4v) is 3.44. The molecule has 0 fully saturated rings. The van der Waals surface area contributed by atoms with Crippen molar-refractivity contribution in [2.24, 2.45) is 0 Å². The van der Waals surface area contributed by atoms with Crippen LogP contribution in [0.1, 0.15) is 75.0 Å². The van der Waals surface area contributed by atoms with Gasteiger partial charge in [0.05, 0.1) is 5.56 Å². The number of furan rings is 1. The average Bonchev–Trinajstić information content (AvgIpc) is 2.99. The number of methoxy groups -OCH3 is 2. The zero-order valence-electron chi connectivity index (χ0n) is 16.1. The number of ether oxygens (including phenoxy) is 2. The van der Waals surface area contributed by atoms with E-state index in [1.165, 1.54) is 38.5 Å². The Kier molecular flexibility index (Phi) is 7.79. The van der Waals surface area contributed by atoms with Crippen molar-refractivity contribution in [1.29, 1.82) is 0 Å². The number of hydrogen-bond acceptors (Lipinski definition) is 4. The maximum atomic E-state index is 10.2. The first-order valence-corrected chi connectivity index (χ1v) is 9.43. The minimum absolute atomic E-state index is 0.165. The van der Waals surface area contributed by atoms with E-state index in [9.17, 15) is 5.11 Å². The maximum Gasteiger partial charge on any atom is 0.187 e. The quantitative estimate of drug-likeness (QED) is 0.398. The van der Waals surface area contributed by atoms with Gasteiger partial charge in [0.25, 0.3) is 0 Å². The van der Waals surface area contributed by atoms with Crippen molar-refractivity contribution in [3.05, 3.63) is 29.0 Å². The van der Waals surface area contributed by atoms with E-state index in [1.54, 1.807) is 20.3 Å². The molecule has 0 atom stereocenters. The van der Waals surface area contributed by atoms with Crippen molar-refractivity contribution >= 4 is 11.0 Å². The van der Waals surface area contributed by atoms with E-state index < -0.39 is 6.29 Å². The molecule has 2 rings (SSSR count). The minimum Gasteiger partial charge on any atom is -0.504 e. The third-order valence-electron chi connectivity index (χ3n) is 4.81. The predicted molar refractivity (Wildman–Crippen MR) is 101 cm³/mol. The lowest BCUT2D eigenvalue weighted by atomic mass is 10.0. The summed E-state index contributed by atoms with van der Waals surface area (Å²) in [6, 6.07) is 3.58. The average molecular weight is 348 g/mol. The Morgan fingerprint density at radius 1 is 1.00 bits per heavy atom. The number of aromatic hydroxyl groups is 1. The van der Waals surface area contributed by atoms with Crippen molar-refractivity contribution in [3.8, 4) is 5.75 Å². The van der Waals surface area contributed by atoms with Crippen LogP contribution in [0, 0.1) is 6.92 Å². The number of hydrogen-bond donors (Lipinski definition) is 1. The summed E-state index contributed by atoms with van der Waals surface area (Å²) in [6.07, 6.45) is 9.11. The summed E-state index contributed by atoms with van der Waals surface area (Å²) in [6.45, 7) is 4.25. The van der Waals surface area contributed by atoms with Gasteiger partial charge in [0.1, 0.15) is 5.76 Å². The monoisotopic (exact) mass is 348 g/mol. The van der Waals surface area contributed by atoms with Crippen molar-refractivity contribution in [1.82, 2.24) is 0 Å². The largest absolute Gasteiger partial charge is 0.504 e. The van der Waals surface area contributed by atoms with Gasteiger partial charge < -0.3 is 19.0 Å². The number of benzene rings is 1. The molecule has 0 radical (unpaired) electrons. The Bertz CT molecular complexity index is 655. The van der Waals surface area contributed by atoms with Crippen molar-refractivity contribution in [2.45, 2.75) is 71.5 Å². The van der Waals surface area contributed by atoms with Crippen LogP contribution in [0.15, 0.2) is 16.5 Å². The van der Waals surface area contributed by atoms with E-state index in [4.69, 9.17) is 13.9 Å². The number of rotatable bonds is 11. The molecular weight excluding hydrogens is 316 g/mol. The number of unbranched alkanes of at least 4 members (excludes halogenated alkanes) is 6. The SMILES string of the molecule is CCCCCCCCCc1oc2c(O)ccc(C)c2c1C(OC)OC. The fraction of sp³-hybridized carbons (Fsp3) is 0.619. The number of fused-ring (bicyclic) bond motifs is 1. The third-order valence-corrected chi connectivity index (χ3v) is 4.81. The summed E-state index contributed by atoms with van der Waals surface area (Å²) in [4.78, 5) is 0. The second kappa shape index (κ2) is 9.83. The molecule has 140 valence electrons. The Labute approximate surface area is 151 Å². The summed E-state index contributed by atoms with van der Waals surface area (Å²) >= 11 is 0. The molecule has 1 N–H and O–H groups in total. The Balaban J connectivity index is 2.16. The van der Waals surface area contributed by atoms with Crippen LogP contribution in [-0.4, -0.2) is 19.3 Å². The van der Waals surface area contributed by atoms with Gasteiger partial charge in [-0.05, 0) is 25.0 Å². The molecule has 0 aliphatic rings. The fourth-order valence-electron chi connectivity index (χ4n) is 3.44. The lowest BCUT2D eigenvalue weighted by molar-refractivity contribution is -0.106. The van der Waals surface area contributed by atoms with Gasteiger partial charge in [-0.25, -0.2) is 0 Å². The van der Waals surface area contributed by atoms with Crippen molar-refractivity contribution < 1.29 is 19.0 Å². The highest BCUT2D eigenvalue weighted by atomic mass is 16.7. The minimum atomic E-state index is -0.485. The molecule has 1 aromatic heterocycles. The molecule has 0 unspecified atom stereocenters. The van der Waals surface area contributed by atoms with Crippen LogP contribution in [0.2, 0.25) is 0 Å². The maximum absolute atomic E-state index is 10.2. The van der Waals surface area contributed by atoms with Gasteiger partial charge in [-0.2, -0.15) is 0 Å². The molecular formula is C21H32O4. The van der Waals surface area contributed by atoms with E-state index in [0.717, 1.165) is 35.1 Å². The Morgan fingerprint density at radius 2 is 1.64 bits per heavy atom. The van der Waals surface area contributed by atoms with E-state index in [-0.39, 0.29) is 5.75 Å². The van der Waals surface area contributed by atoms with Gasteiger partial charge in [0.2, 0.25) is 0 Å². The third kappa shape index (κ3) is 4.77. The van der Waals surface area contributed by atoms with Gasteiger partial charge in [-0.15, -0.1) is 0 Å². The predicted octanol–water partition coefficient (Wildman–Crippen LogP) is 6.03. The van der Waals surface area contributed by atoms with E-state index in [0.29, 0.717) is 5.58 Å². The summed E-state index contributed by atoms with van der Waals surface area (Å²) in [5, 5.41) is 11.1. The topological polar surface area (TPSA) is 51.8 Å². The molecule has 0 amide bonds. The van der Waals surface area contributed by atoms with Crippen LogP contribution in [-0.2, 0) is 15.9 Å². The lowest BCUT2D eigenvalue weighted by Crippen LogP contribution is -2.06. The first-order chi connectivity index (χ1) is 12.1. The molecule has 2 aromatic rings. The summed E-state index contributed by atoms with van der Waals surface area (Å²) in [7, 11) is 3.26. The molecule has 0 aliphatic heterocycles. The highest BCUT2D eigenvalue weighted by Crippen LogP contribution is 2.39. The molecule has 4 heteroatoms. The Hall–Kier alpha value is -1.52. The van der Waals surface area contributed by atoms with Crippen LogP contribution >= 0.6 is 0 Å². The Morgan fingerprint density at radius 3 is 2.28 bits per heavy atom. The highest BCUT2D eigenvalue weighted by Gasteiger charge is 2.25. The normalized spacial score (nSPS) is 11.7. The number of phenols is 1. The second-order valence-electron chi connectivity index (χ2n) is 6.72. The van der Waals surface area contributed by atoms with Crippen molar-refractivity contribution in [2.75, 3.05) is 14.2 Å². The van der Waals surface area contributed by atoms with Crippen LogP contribution in [0.25, 0.3) is 11.0 Å². The molecule has 25 heavy (non-hydrogen) atoms. The zero-order valence-corrected chi connectivity index (χ0v) is 16.1. The first-order valence-electron chi connectivity index (χ1n) is 9.43. The number of phenolic OH excluding ortho intramolecular Hbond substituents is 1. The summed E-state index contributed by atoms with van der Waals surface area (Å²) < 4.78 is 17.0. The highest BCUT2D eigenvalue weighted by molar-refractivity contribution is 5.90. The van der Waals surface area contributed by atoms with Crippen LogP contribution < -0.4 is 0 Å². The standard InChI is InChI=1S/C21H32O4/c1-5-6-7-8-9-10-11-12-17-19(21(23-3)24-4)18-15(2)13-14-16(22)20(18)25-17/h13-14,21-22H,5-12H2,1-4H3. The summed E-state index contributed by atoms with van der Waals surface area (Å²) in [5.41, 5.74) is 2.50. The van der Waals surface area contributed by atoms with Crippen LogP contribution in [0.5, 0.6) is 5.75 Å². The molecule has 0 bridgehead atoms. The van der Waals surface area contributed by atoms with Crippen LogP contribution in [0.3, 0.4) is 0 Å². The van der Waals surface area contributed by atoms with Gasteiger partial charge in [-0.1, -0.05) is 51.5 Å². The molecule has 4 nitrogen and oxygen atoms in total. The molecule has 0 spiro atoms. The molecule has 1 aromatic carbocycles. The number of aryl methyl sites for hydroxylation is 2. The van der Waals surface area contributed by atoms with Gasteiger partial charge in [-0.3, -0.25) is 0 Å². The molecule has 0 saturated heterocycles. The van der Waals surface area contributed by atoms with Gasteiger partial charge in [0.15, 0.2) is 17.6 Å². The smallest absolute Gasteiger partial charge is 0.187 e. The molecule has 0 saturated carbocycles. The first kappa shape index (κ1) is 19.8. The van der Waals surface area contributed by atoms with E-state index >= 15 is 0 Å². The van der Waals surface area contributed by atoms with Crippen molar-refractivity contribution in [3.63, 3.8) is 0 Å². The van der Waals surface area contributed by atoms with Crippen LogP contribution in [0.4, 0.5) is 0 Å². The van der Waals surface area contributed by atoms with E-state index in [2.05, 4.69) is 6.92 Å². The van der Waals surface area contributed by atoms with Gasteiger partial charge in [0, 0.05) is 26.0 Å². The molecule has 0 aliphatic carbocycles.